The Balaban J connectivity index is 2.16. The number of hydrogen-bond donors (Lipinski definition) is 1. The summed E-state index contributed by atoms with van der Waals surface area (Å²) in [6, 6.07) is 5.20. The SMILES string of the molecule is CCCNC(Cc1cc(Cl)ccc1F)C1(C)CCCC1. The van der Waals surface area contributed by atoms with Crippen LogP contribution >= 0.6 is 11.6 Å². The van der Waals surface area contributed by atoms with Gasteiger partial charge in [-0.3, -0.25) is 0 Å². The molecule has 0 spiro atoms. The van der Waals surface area contributed by atoms with Crippen molar-refractivity contribution < 1.29 is 4.39 Å². The summed E-state index contributed by atoms with van der Waals surface area (Å²) in [6.07, 6.45) is 6.87. The lowest BCUT2D eigenvalue weighted by molar-refractivity contribution is 0.218. The van der Waals surface area contributed by atoms with Gasteiger partial charge < -0.3 is 5.32 Å². The molecule has 0 aromatic heterocycles. The van der Waals surface area contributed by atoms with E-state index >= 15 is 0 Å². The maximum atomic E-state index is 14.0. The molecule has 1 saturated carbocycles. The van der Waals surface area contributed by atoms with Crippen molar-refractivity contribution in [3.05, 3.63) is 34.6 Å². The van der Waals surface area contributed by atoms with E-state index in [4.69, 9.17) is 11.6 Å². The fraction of sp³-hybridized carbons (Fsp3) is 0.647. The highest BCUT2D eigenvalue weighted by Gasteiger charge is 2.36. The van der Waals surface area contributed by atoms with E-state index in [2.05, 4.69) is 19.2 Å². The molecule has 1 atom stereocenters. The van der Waals surface area contributed by atoms with Crippen LogP contribution < -0.4 is 5.32 Å². The van der Waals surface area contributed by atoms with Crippen LogP contribution in [0.15, 0.2) is 18.2 Å². The zero-order valence-corrected chi connectivity index (χ0v) is 13.3. The molecule has 0 amide bonds. The Bertz CT molecular complexity index is 441. The predicted octanol–water partition coefficient (Wildman–Crippen LogP) is 4.97. The first kappa shape index (κ1) is 15.8. The maximum absolute atomic E-state index is 14.0. The number of halogens is 2. The van der Waals surface area contributed by atoms with Gasteiger partial charge in [0.1, 0.15) is 5.82 Å². The Morgan fingerprint density at radius 2 is 2.05 bits per heavy atom. The summed E-state index contributed by atoms with van der Waals surface area (Å²) in [5.41, 5.74) is 1.02. The molecule has 1 unspecified atom stereocenters. The topological polar surface area (TPSA) is 12.0 Å². The van der Waals surface area contributed by atoms with Gasteiger partial charge in [0.05, 0.1) is 0 Å². The molecule has 0 bridgehead atoms. The Kier molecular flexibility index (Phi) is 5.45. The van der Waals surface area contributed by atoms with Crippen molar-refractivity contribution in [3.63, 3.8) is 0 Å². The molecule has 0 aliphatic heterocycles. The zero-order valence-electron chi connectivity index (χ0n) is 12.5. The van der Waals surface area contributed by atoms with Crippen LogP contribution in [0.4, 0.5) is 4.39 Å². The normalized spacial score (nSPS) is 19.2. The van der Waals surface area contributed by atoms with Crippen molar-refractivity contribution in [2.45, 2.75) is 58.4 Å². The van der Waals surface area contributed by atoms with Gasteiger partial charge in [0.15, 0.2) is 0 Å². The standard InChI is InChI=1S/C17H25ClFN/c1-3-10-20-16(17(2)8-4-5-9-17)12-13-11-14(18)6-7-15(13)19/h6-7,11,16,20H,3-5,8-10,12H2,1-2H3. The van der Waals surface area contributed by atoms with E-state index in [0.29, 0.717) is 11.1 Å². The van der Waals surface area contributed by atoms with Gasteiger partial charge in [-0.25, -0.2) is 4.39 Å². The largest absolute Gasteiger partial charge is 0.313 e. The van der Waals surface area contributed by atoms with Gasteiger partial charge in [-0.15, -0.1) is 0 Å². The zero-order chi connectivity index (χ0) is 14.6. The first-order valence-corrected chi connectivity index (χ1v) is 8.10. The summed E-state index contributed by atoms with van der Waals surface area (Å²) in [6.45, 7) is 5.50. The van der Waals surface area contributed by atoms with E-state index in [1.807, 2.05) is 0 Å². The van der Waals surface area contributed by atoms with Crippen LogP contribution in [0.25, 0.3) is 0 Å². The maximum Gasteiger partial charge on any atom is 0.126 e. The van der Waals surface area contributed by atoms with Gasteiger partial charge in [0.2, 0.25) is 0 Å². The van der Waals surface area contributed by atoms with Crippen LogP contribution in [-0.2, 0) is 6.42 Å². The van der Waals surface area contributed by atoms with Crippen LogP contribution in [-0.4, -0.2) is 12.6 Å². The van der Waals surface area contributed by atoms with Gasteiger partial charge in [0.25, 0.3) is 0 Å². The van der Waals surface area contributed by atoms with Crippen molar-refractivity contribution >= 4 is 11.6 Å². The Hall–Kier alpha value is -0.600. The van der Waals surface area contributed by atoms with Gasteiger partial charge >= 0.3 is 0 Å². The van der Waals surface area contributed by atoms with Crippen LogP contribution in [0.2, 0.25) is 5.02 Å². The summed E-state index contributed by atoms with van der Waals surface area (Å²) in [7, 11) is 0. The second kappa shape index (κ2) is 6.91. The molecule has 1 aromatic rings. The van der Waals surface area contributed by atoms with Crippen molar-refractivity contribution in [1.29, 1.82) is 0 Å². The van der Waals surface area contributed by atoms with Crippen molar-refractivity contribution in [2.75, 3.05) is 6.54 Å². The summed E-state index contributed by atoms with van der Waals surface area (Å²) in [4.78, 5) is 0. The smallest absolute Gasteiger partial charge is 0.126 e. The molecule has 2 rings (SSSR count). The number of benzene rings is 1. The van der Waals surface area contributed by atoms with Crippen LogP contribution in [0.1, 0.15) is 51.5 Å². The number of hydrogen-bond acceptors (Lipinski definition) is 1. The lowest BCUT2D eigenvalue weighted by Crippen LogP contribution is -2.44. The molecule has 1 N–H and O–H groups in total. The minimum absolute atomic E-state index is 0.140. The first-order valence-electron chi connectivity index (χ1n) is 7.72. The Morgan fingerprint density at radius 1 is 1.35 bits per heavy atom. The summed E-state index contributed by atoms with van der Waals surface area (Å²) in [5.74, 6) is -0.140. The van der Waals surface area contributed by atoms with Gasteiger partial charge in [-0.1, -0.05) is 38.3 Å². The third kappa shape index (κ3) is 3.73. The van der Waals surface area contributed by atoms with Gasteiger partial charge in [-0.2, -0.15) is 0 Å². The molecule has 20 heavy (non-hydrogen) atoms. The number of rotatable bonds is 6. The molecular weight excluding hydrogens is 273 g/mol. The van der Waals surface area contributed by atoms with Crippen molar-refractivity contribution in [1.82, 2.24) is 5.32 Å². The molecule has 112 valence electrons. The molecule has 0 saturated heterocycles. The monoisotopic (exact) mass is 297 g/mol. The lowest BCUT2D eigenvalue weighted by Gasteiger charge is -2.35. The van der Waals surface area contributed by atoms with Crippen LogP contribution in [0.5, 0.6) is 0 Å². The molecule has 1 aliphatic carbocycles. The molecule has 1 aliphatic rings. The average Bonchev–Trinajstić information content (AvgIpc) is 2.86. The third-order valence-electron chi connectivity index (χ3n) is 4.66. The van der Waals surface area contributed by atoms with E-state index in [0.717, 1.165) is 24.9 Å². The lowest BCUT2D eigenvalue weighted by atomic mass is 9.77. The molecule has 3 heteroatoms. The molecule has 0 radical (unpaired) electrons. The molecule has 1 nitrogen and oxygen atoms in total. The Morgan fingerprint density at radius 3 is 2.70 bits per heavy atom. The van der Waals surface area contributed by atoms with E-state index < -0.39 is 0 Å². The average molecular weight is 298 g/mol. The van der Waals surface area contributed by atoms with Crippen molar-refractivity contribution in [3.8, 4) is 0 Å². The van der Waals surface area contributed by atoms with E-state index in [1.54, 1.807) is 12.1 Å². The van der Waals surface area contributed by atoms with Gasteiger partial charge in [0, 0.05) is 11.1 Å². The third-order valence-corrected chi connectivity index (χ3v) is 4.89. The van der Waals surface area contributed by atoms with Crippen molar-refractivity contribution in [2.24, 2.45) is 5.41 Å². The highest BCUT2D eigenvalue weighted by atomic mass is 35.5. The quantitative estimate of drug-likeness (QED) is 0.781. The summed E-state index contributed by atoms with van der Waals surface area (Å²) in [5, 5.41) is 4.26. The molecule has 1 fully saturated rings. The summed E-state index contributed by atoms with van der Waals surface area (Å²) < 4.78 is 14.0. The van der Waals surface area contributed by atoms with Gasteiger partial charge in [-0.05, 0) is 61.4 Å². The second-order valence-electron chi connectivity index (χ2n) is 6.31. The fourth-order valence-corrected chi connectivity index (χ4v) is 3.53. The molecular formula is C17H25ClFN. The van der Waals surface area contributed by atoms with E-state index in [9.17, 15) is 4.39 Å². The van der Waals surface area contributed by atoms with E-state index in [1.165, 1.54) is 31.7 Å². The van der Waals surface area contributed by atoms with E-state index in [-0.39, 0.29) is 11.2 Å². The highest BCUT2D eigenvalue weighted by Crippen LogP contribution is 2.41. The van der Waals surface area contributed by atoms with Crippen LogP contribution in [0.3, 0.4) is 0 Å². The minimum atomic E-state index is -0.140. The first-order chi connectivity index (χ1) is 9.55. The van der Waals surface area contributed by atoms with Crippen LogP contribution in [0, 0.1) is 11.2 Å². The summed E-state index contributed by atoms with van der Waals surface area (Å²) >= 11 is 6.01. The molecule has 0 heterocycles. The fourth-order valence-electron chi connectivity index (χ4n) is 3.33. The molecule has 1 aromatic carbocycles. The Labute approximate surface area is 126 Å². The second-order valence-corrected chi connectivity index (χ2v) is 6.74. The predicted molar refractivity (Wildman–Crippen MR) is 83.8 cm³/mol. The highest BCUT2D eigenvalue weighted by molar-refractivity contribution is 6.30. The number of nitrogens with one attached hydrogen (secondary N) is 1. The minimum Gasteiger partial charge on any atom is -0.313 e.